The molecule has 0 radical (unpaired) electrons. The first-order valence-electron chi connectivity index (χ1n) is 7.23. The molecule has 0 saturated carbocycles. The summed E-state index contributed by atoms with van der Waals surface area (Å²) < 4.78 is 0. The van der Waals surface area contributed by atoms with Gasteiger partial charge in [0.25, 0.3) is 0 Å². The zero-order valence-electron chi connectivity index (χ0n) is 12.5. The molecule has 1 heterocycles. The van der Waals surface area contributed by atoms with E-state index in [1.165, 1.54) is 21.8 Å². The van der Waals surface area contributed by atoms with Gasteiger partial charge in [-0.3, -0.25) is 0 Å². The number of rotatable bonds is 6. The summed E-state index contributed by atoms with van der Waals surface area (Å²) in [6.45, 7) is 7.97. The Morgan fingerprint density at radius 1 is 1.25 bits per heavy atom. The summed E-state index contributed by atoms with van der Waals surface area (Å²) in [5.41, 5.74) is 9.53. The van der Waals surface area contributed by atoms with Crippen LogP contribution in [-0.4, -0.2) is 11.5 Å². The summed E-state index contributed by atoms with van der Waals surface area (Å²) in [6, 6.07) is 8.45. The molecule has 2 aromatic rings. The zero-order chi connectivity index (χ0) is 14.5. The average Bonchev–Trinajstić information content (AvgIpc) is 2.85. The molecule has 3 nitrogen and oxygen atoms in total. The maximum absolute atomic E-state index is 5.86. The largest absolute Gasteiger partial charge is 0.326 e. The second-order valence-electron chi connectivity index (χ2n) is 4.85. The molecule has 0 bridgehead atoms. The number of anilines is 2. The van der Waals surface area contributed by atoms with E-state index in [0.29, 0.717) is 6.54 Å². The van der Waals surface area contributed by atoms with Crippen LogP contribution in [-0.2, 0) is 13.0 Å². The Morgan fingerprint density at radius 3 is 2.60 bits per heavy atom. The molecule has 0 aliphatic carbocycles. The second kappa shape index (κ2) is 6.86. The molecule has 0 atom stereocenters. The highest BCUT2D eigenvalue weighted by atomic mass is 32.1. The monoisotopic (exact) mass is 289 g/mol. The van der Waals surface area contributed by atoms with E-state index in [-0.39, 0.29) is 0 Å². The van der Waals surface area contributed by atoms with Gasteiger partial charge < -0.3 is 10.6 Å². The summed E-state index contributed by atoms with van der Waals surface area (Å²) in [5, 5.41) is 1.06. The topological polar surface area (TPSA) is 42.2 Å². The first kappa shape index (κ1) is 15.0. The van der Waals surface area contributed by atoms with E-state index in [2.05, 4.69) is 49.9 Å². The van der Waals surface area contributed by atoms with Gasteiger partial charge in [-0.1, -0.05) is 42.9 Å². The van der Waals surface area contributed by atoms with Crippen LogP contribution in [0.25, 0.3) is 0 Å². The molecule has 108 valence electrons. The molecule has 0 spiro atoms. The molecule has 0 saturated heterocycles. The molecule has 1 aromatic heterocycles. The Morgan fingerprint density at radius 2 is 2.00 bits per heavy atom. The molecule has 0 amide bonds. The average molecular weight is 289 g/mol. The summed E-state index contributed by atoms with van der Waals surface area (Å²) >= 11 is 1.73. The van der Waals surface area contributed by atoms with Crippen LogP contribution in [0.2, 0.25) is 0 Å². The predicted molar refractivity (Wildman–Crippen MR) is 87.9 cm³/mol. The van der Waals surface area contributed by atoms with Crippen molar-refractivity contribution in [2.75, 3.05) is 11.4 Å². The third-order valence-corrected chi connectivity index (χ3v) is 4.54. The molecule has 0 unspecified atom stereocenters. The van der Waals surface area contributed by atoms with Gasteiger partial charge in [0.05, 0.1) is 5.69 Å². The zero-order valence-corrected chi connectivity index (χ0v) is 13.3. The highest BCUT2D eigenvalue weighted by Crippen LogP contribution is 2.33. The minimum atomic E-state index is 0.582. The second-order valence-corrected chi connectivity index (χ2v) is 5.91. The lowest BCUT2D eigenvalue weighted by Crippen LogP contribution is -2.16. The Bertz CT molecular complexity index is 563. The van der Waals surface area contributed by atoms with Gasteiger partial charge in [-0.05, 0) is 31.9 Å². The number of aryl methyl sites for hydroxylation is 2. The summed E-state index contributed by atoms with van der Waals surface area (Å²) in [6.07, 6.45) is 2.11. The summed E-state index contributed by atoms with van der Waals surface area (Å²) in [4.78, 5) is 8.32. The number of nitrogens with zero attached hydrogens (tertiary/aromatic N) is 2. The number of para-hydroxylation sites is 1. The number of benzene rings is 1. The molecule has 0 aliphatic heterocycles. The first-order chi connectivity index (χ1) is 9.71. The highest BCUT2D eigenvalue weighted by Gasteiger charge is 2.16. The SMILES string of the molecule is CCCc1nc(N(CC)c2ccccc2C)sc1CN. The highest BCUT2D eigenvalue weighted by molar-refractivity contribution is 7.15. The van der Waals surface area contributed by atoms with Crippen molar-refractivity contribution in [1.82, 2.24) is 4.98 Å². The third-order valence-electron chi connectivity index (χ3n) is 3.39. The quantitative estimate of drug-likeness (QED) is 0.873. The minimum Gasteiger partial charge on any atom is -0.326 e. The van der Waals surface area contributed by atoms with Gasteiger partial charge in [0.1, 0.15) is 0 Å². The fourth-order valence-corrected chi connectivity index (χ4v) is 3.41. The van der Waals surface area contributed by atoms with Crippen LogP contribution in [0.1, 0.15) is 36.4 Å². The predicted octanol–water partition coefficient (Wildman–Crippen LogP) is 4.02. The van der Waals surface area contributed by atoms with E-state index in [0.717, 1.165) is 24.5 Å². The lowest BCUT2D eigenvalue weighted by Gasteiger charge is -2.21. The molecule has 20 heavy (non-hydrogen) atoms. The van der Waals surface area contributed by atoms with E-state index in [1.54, 1.807) is 11.3 Å². The third kappa shape index (κ3) is 3.02. The minimum absolute atomic E-state index is 0.582. The van der Waals surface area contributed by atoms with Gasteiger partial charge in [0.15, 0.2) is 5.13 Å². The van der Waals surface area contributed by atoms with E-state index < -0.39 is 0 Å². The smallest absolute Gasteiger partial charge is 0.190 e. The molecule has 2 N–H and O–H groups in total. The maximum Gasteiger partial charge on any atom is 0.190 e. The van der Waals surface area contributed by atoms with Crippen LogP contribution in [0.5, 0.6) is 0 Å². The molecule has 4 heteroatoms. The van der Waals surface area contributed by atoms with Crippen LogP contribution in [0.4, 0.5) is 10.8 Å². The van der Waals surface area contributed by atoms with Crippen molar-refractivity contribution in [2.45, 2.75) is 40.2 Å². The number of hydrogen-bond acceptors (Lipinski definition) is 4. The molecular formula is C16H23N3S. The molecule has 2 rings (SSSR count). The fourth-order valence-electron chi connectivity index (χ4n) is 2.35. The normalized spacial score (nSPS) is 10.8. The lowest BCUT2D eigenvalue weighted by atomic mass is 10.2. The number of nitrogens with two attached hydrogens (primary N) is 1. The van der Waals surface area contributed by atoms with E-state index in [1.807, 2.05) is 0 Å². The van der Waals surface area contributed by atoms with Gasteiger partial charge in [-0.15, -0.1) is 0 Å². The van der Waals surface area contributed by atoms with Crippen LogP contribution in [0.15, 0.2) is 24.3 Å². The van der Waals surface area contributed by atoms with Crippen molar-refractivity contribution in [2.24, 2.45) is 5.73 Å². The lowest BCUT2D eigenvalue weighted by molar-refractivity contribution is 0.865. The van der Waals surface area contributed by atoms with Crippen molar-refractivity contribution in [3.05, 3.63) is 40.4 Å². The maximum atomic E-state index is 5.86. The van der Waals surface area contributed by atoms with Crippen LogP contribution >= 0.6 is 11.3 Å². The van der Waals surface area contributed by atoms with Crippen molar-refractivity contribution < 1.29 is 0 Å². The van der Waals surface area contributed by atoms with Gasteiger partial charge >= 0.3 is 0 Å². The molecule has 1 aromatic carbocycles. The van der Waals surface area contributed by atoms with Crippen LogP contribution < -0.4 is 10.6 Å². The van der Waals surface area contributed by atoms with E-state index in [9.17, 15) is 0 Å². The van der Waals surface area contributed by atoms with Gasteiger partial charge in [-0.2, -0.15) is 0 Å². The van der Waals surface area contributed by atoms with Crippen LogP contribution in [0.3, 0.4) is 0 Å². The number of hydrogen-bond donors (Lipinski definition) is 1. The van der Waals surface area contributed by atoms with Gasteiger partial charge in [0, 0.05) is 23.7 Å². The summed E-state index contributed by atoms with van der Waals surface area (Å²) in [7, 11) is 0. The Labute approximate surface area is 125 Å². The van der Waals surface area contributed by atoms with Gasteiger partial charge in [0.2, 0.25) is 0 Å². The summed E-state index contributed by atoms with van der Waals surface area (Å²) in [5.74, 6) is 0. The van der Waals surface area contributed by atoms with Crippen molar-refractivity contribution in [3.8, 4) is 0 Å². The first-order valence-corrected chi connectivity index (χ1v) is 8.04. The van der Waals surface area contributed by atoms with Crippen molar-refractivity contribution in [3.63, 3.8) is 0 Å². The number of aromatic nitrogens is 1. The molecule has 0 aliphatic rings. The molecular weight excluding hydrogens is 266 g/mol. The van der Waals surface area contributed by atoms with E-state index >= 15 is 0 Å². The van der Waals surface area contributed by atoms with E-state index in [4.69, 9.17) is 10.7 Å². The molecule has 0 fully saturated rings. The van der Waals surface area contributed by atoms with Crippen molar-refractivity contribution >= 4 is 22.2 Å². The Balaban J connectivity index is 2.39. The van der Waals surface area contributed by atoms with Crippen LogP contribution in [0, 0.1) is 6.92 Å². The van der Waals surface area contributed by atoms with Gasteiger partial charge in [-0.25, -0.2) is 4.98 Å². The Kier molecular flexibility index (Phi) is 5.15. The fraction of sp³-hybridized carbons (Fsp3) is 0.438. The Hall–Kier alpha value is -1.39. The van der Waals surface area contributed by atoms with Crippen molar-refractivity contribution in [1.29, 1.82) is 0 Å². The standard InChI is InChI=1S/C16H23N3S/c1-4-8-13-15(11-17)20-16(18-13)19(5-2)14-10-7-6-9-12(14)3/h6-7,9-10H,4-5,8,11,17H2,1-3H3. The number of thiazole rings is 1.